The van der Waals surface area contributed by atoms with Crippen LogP contribution < -0.4 is 5.32 Å². The SMILES string of the molecule is C1CCN(C2CCCN2N2CCCC2N2CCNCC2)C1. The van der Waals surface area contributed by atoms with Crippen molar-refractivity contribution in [3.63, 3.8) is 0 Å². The maximum Gasteiger partial charge on any atom is 0.0762 e. The molecule has 0 amide bonds. The fraction of sp³-hybridized carbons (Fsp3) is 1.00. The van der Waals surface area contributed by atoms with Gasteiger partial charge in [0.1, 0.15) is 0 Å². The Morgan fingerprint density at radius 2 is 1.10 bits per heavy atom. The van der Waals surface area contributed by atoms with Gasteiger partial charge in [0, 0.05) is 39.3 Å². The molecule has 0 aromatic rings. The molecule has 0 aliphatic carbocycles. The van der Waals surface area contributed by atoms with E-state index in [2.05, 4.69) is 25.1 Å². The van der Waals surface area contributed by atoms with Gasteiger partial charge in [-0.3, -0.25) is 9.80 Å². The monoisotopic (exact) mass is 293 g/mol. The van der Waals surface area contributed by atoms with E-state index < -0.39 is 0 Å². The number of piperazine rings is 1. The summed E-state index contributed by atoms with van der Waals surface area (Å²) in [5.74, 6) is 0. The molecule has 4 aliphatic rings. The van der Waals surface area contributed by atoms with E-state index in [9.17, 15) is 0 Å². The molecule has 4 heterocycles. The van der Waals surface area contributed by atoms with Crippen LogP contribution in [0.3, 0.4) is 0 Å². The van der Waals surface area contributed by atoms with Gasteiger partial charge in [0.2, 0.25) is 0 Å². The normalized spacial score (nSPS) is 37.7. The van der Waals surface area contributed by atoms with Gasteiger partial charge in [0.05, 0.1) is 12.3 Å². The molecule has 0 saturated carbocycles. The van der Waals surface area contributed by atoms with Gasteiger partial charge < -0.3 is 5.32 Å². The van der Waals surface area contributed by atoms with Crippen LogP contribution in [-0.4, -0.2) is 84.5 Å². The Labute approximate surface area is 129 Å². The number of hydrogen-bond donors (Lipinski definition) is 1. The summed E-state index contributed by atoms with van der Waals surface area (Å²) in [5.41, 5.74) is 0. The Kier molecular flexibility index (Phi) is 4.46. The molecule has 120 valence electrons. The highest BCUT2D eigenvalue weighted by Gasteiger charge is 2.41. The van der Waals surface area contributed by atoms with E-state index >= 15 is 0 Å². The van der Waals surface area contributed by atoms with Crippen molar-refractivity contribution in [3.8, 4) is 0 Å². The van der Waals surface area contributed by atoms with E-state index in [0.29, 0.717) is 12.3 Å². The summed E-state index contributed by atoms with van der Waals surface area (Å²) in [6, 6.07) is 0. The predicted octanol–water partition coefficient (Wildman–Crippen LogP) is 0.746. The zero-order chi connectivity index (χ0) is 14.1. The number of rotatable bonds is 3. The largest absolute Gasteiger partial charge is 0.314 e. The number of nitrogens with one attached hydrogen (secondary N) is 1. The molecule has 0 bridgehead atoms. The maximum absolute atomic E-state index is 3.49. The molecule has 4 fully saturated rings. The Balaban J connectivity index is 1.45. The Hall–Kier alpha value is -0.200. The van der Waals surface area contributed by atoms with E-state index in [1.54, 1.807) is 0 Å². The minimum atomic E-state index is 0.676. The summed E-state index contributed by atoms with van der Waals surface area (Å²) in [5, 5.41) is 9.00. The third-order valence-electron chi connectivity index (χ3n) is 5.85. The molecule has 5 heteroatoms. The van der Waals surface area contributed by atoms with Crippen molar-refractivity contribution in [1.82, 2.24) is 25.1 Å². The fourth-order valence-electron chi connectivity index (χ4n) is 4.83. The quantitative estimate of drug-likeness (QED) is 0.828. The molecular formula is C16H31N5. The Morgan fingerprint density at radius 3 is 1.67 bits per heavy atom. The number of nitrogens with zero attached hydrogens (tertiary/aromatic N) is 4. The summed E-state index contributed by atoms with van der Waals surface area (Å²) in [7, 11) is 0. The van der Waals surface area contributed by atoms with Crippen LogP contribution in [0.15, 0.2) is 0 Å². The number of hydrazine groups is 1. The van der Waals surface area contributed by atoms with E-state index in [0.717, 1.165) is 0 Å². The minimum Gasteiger partial charge on any atom is -0.314 e. The summed E-state index contributed by atoms with van der Waals surface area (Å²) >= 11 is 0. The van der Waals surface area contributed by atoms with E-state index in [4.69, 9.17) is 0 Å². The summed E-state index contributed by atoms with van der Waals surface area (Å²) in [6.45, 7) is 10.00. The molecule has 5 nitrogen and oxygen atoms in total. The van der Waals surface area contributed by atoms with Crippen molar-refractivity contribution < 1.29 is 0 Å². The van der Waals surface area contributed by atoms with Gasteiger partial charge in [-0.25, -0.2) is 10.0 Å². The molecule has 4 rings (SSSR count). The molecule has 2 atom stereocenters. The molecule has 0 aromatic heterocycles. The third kappa shape index (κ3) is 2.86. The van der Waals surface area contributed by atoms with Crippen LogP contribution in [0.25, 0.3) is 0 Å². The van der Waals surface area contributed by atoms with Crippen molar-refractivity contribution in [3.05, 3.63) is 0 Å². The van der Waals surface area contributed by atoms with E-state index in [-0.39, 0.29) is 0 Å². The standard InChI is InChI=1S/C16H31N5/c1-2-10-18(9-1)15-5-3-11-20(15)21-12-4-6-16(21)19-13-7-17-8-14-19/h15-17H,1-14H2. The smallest absolute Gasteiger partial charge is 0.0762 e. The molecule has 0 radical (unpaired) electrons. The van der Waals surface area contributed by atoms with E-state index in [1.165, 1.54) is 90.9 Å². The number of hydrogen-bond acceptors (Lipinski definition) is 5. The van der Waals surface area contributed by atoms with Gasteiger partial charge in [-0.05, 0) is 51.6 Å². The zero-order valence-corrected chi connectivity index (χ0v) is 13.3. The molecular weight excluding hydrogens is 262 g/mol. The van der Waals surface area contributed by atoms with E-state index in [1.807, 2.05) is 0 Å². The Bertz CT molecular complexity index is 338. The van der Waals surface area contributed by atoms with Crippen molar-refractivity contribution in [2.24, 2.45) is 0 Å². The van der Waals surface area contributed by atoms with Crippen molar-refractivity contribution in [2.75, 3.05) is 52.4 Å². The van der Waals surface area contributed by atoms with Crippen LogP contribution >= 0.6 is 0 Å². The second kappa shape index (κ2) is 6.50. The first-order valence-corrected chi connectivity index (χ1v) is 9.15. The van der Waals surface area contributed by atoms with Gasteiger partial charge >= 0.3 is 0 Å². The lowest BCUT2D eigenvalue weighted by Gasteiger charge is -2.45. The first-order valence-electron chi connectivity index (χ1n) is 9.15. The highest BCUT2D eigenvalue weighted by atomic mass is 15.7. The lowest BCUT2D eigenvalue weighted by Crippen LogP contribution is -2.60. The average molecular weight is 293 g/mol. The molecule has 4 aliphatic heterocycles. The fourth-order valence-corrected chi connectivity index (χ4v) is 4.83. The lowest BCUT2D eigenvalue weighted by atomic mass is 10.2. The highest BCUT2D eigenvalue weighted by molar-refractivity contribution is 4.87. The van der Waals surface area contributed by atoms with Crippen LogP contribution in [0, 0.1) is 0 Å². The van der Waals surface area contributed by atoms with Crippen LogP contribution in [-0.2, 0) is 0 Å². The van der Waals surface area contributed by atoms with Crippen molar-refractivity contribution in [1.29, 1.82) is 0 Å². The highest BCUT2D eigenvalue weighted by Crippen LogP contribution is 2.31. The number of likely N-dealkylation sites (tertiary alicyclic amines) is 1. The minimum absolute atomic E-state index is 0.676. The van der Waals surface area contributed by atoms with Gasteiger partial charge in [-0.1, -0.05) is 0 Å². The topological polar surface area (TPSA) is 25.0 Å². The molecule has 0 aromatic carbocycles. The molecule has 0 spiro atoms. The van der Waals surface area contributed by atoms with Crippen LogP contribution in [0.2, 0.25) is 0 Å². The summed E-state index contributed by atoms with van der Waals surface area (Å²) in [6.07, 6.45) is 9.70. The van der Waals surface area contributed by atoms with Crippen LogP contribution in [0.1, 0.15) is 38.5 Å². The first kappa shape index (κ1) is 14.4. The summed E-state index contributed by atoms with van der Waals surface area (Å²) < 4.78 is 0. The van der Waals surface area contributed by atoms with Gasteiger partial charge in [-0.15, -0.1) is 0 Å². The van der Waals surface area contributed by atoms with Gasteiger partial charge in [0.25, 0.3) is 0 Å². The second-order valence-corrected chi connectivity index (χ2v) is 7.10. The third-order valence-corrected chi connectivity index (χ3v) is 5.85. The predicted molar refractivity (Wildman–Crippen MR) is 84.7 cm³/mol. The average Bonchev–Trinajstić information content (AvgIpc) is 3.27. The lowest BCUT2D eigenvalue weighted by molar-refractivity contribution is -0.129. The molecule has 21 heavy (non-hydrogen) atoms. The maximum atomic E-state index is 3.49. The van der Waals surface area contributed by atoms with Gasteiger partial charge in [-0.2, -0.15) is 0 Å². The van der Waals surface area contributed by atoms with Crippen molar-refractivity contribution >= 4 is 0 Å². The van der Waals surface area contributed by atoms with Gasteiger partial charge in [0.15, 0.2) is 0 Å². The molecule has 2 unspecified atom stereocenters. The van der Waals surface area contributed by atoms with Crippen LogP contribution in [0.4, 0.5) is 0 Å². The van der Waals surface area contributed by atoms with Crippen molar-refractivity contribution in [2.45, 2.75) is 50.9 Å². The Morgan fingerprint density at radius 1 is 0.571 bits per heavy atom. The second-order valence-electron chi connectivity index (χ2n) is 7.10. The summed E-state index contributed by atoms with van der Waals surface area (Å²) in [4.78, 5) is 5.48. The molecule has 4 saturated heterocycles. The molecule has 1 N–H and O–H groups in total. The van der Waals surface area contributed by atoms with Crippen LogP contribution in [0.5, 0.6) is 0 Å². The first-order chi connectivity index (χ1) is 10.4. The zero-order valence-electron chi connectivity index (χ0n) is 13.3.